The third-order valence-electron chi connectivity index (χ3n) is 4.92. The van der Waals surface area contributed by atoms with Gasteiger partial charge in [0.25, 0.3) is 0 Å². The van der Waals surface area contributed by atoms with Gasteiger partial charge in [-0.25, -0.2) is 9.67 Å². The average molecular weight is 335 g/mol. The van der Waals surface area contributed by atoms with Gasteiger partial charge in [-0.1, -0.05) is 0 Å². The van der Waals surface area contributed by atoms with Crippen molar-refractivity contribution in [3.63, 3.8) is 0 Å². The van der Waals surface area contributed by atoms with E-state index in [1.54, 1.807) is 6.33 Å². The molecular weight excluding hydrogens is 306 g/mol. The van der Waals surface area contributed by atoms with Crippen LogP contribution in [0.2, 0.25) is 0 Å². The Hall–Kier alpha value is -1.67. The number of hydrogen-bond acceptors (Lipinski definition) is 5. The van der Waals surface area contributed by atoms with Crippen molar-refractivity contribution >= 4 is 5.96 Å². The minimum absolute atomic E-state index is 0.336. The summed E-state index contributed by atoms with van der Waals surface area (Å²) in [6.07, 6.45) is 3.64. The lowest BCUT2D eigenvalue weighted by Gasteiger charge is -2.38. The molecule has 0 saturated carbocycles. The summed E-state index contributed by atoms with van der Waals surface area (Å²) in [5, 5.41) is 11.2. The average Bonchev–Trinajstić information content (AvgIpc) is 3.06. The van der Waals surface area contributed by atoms with Crippen LogP contribution in [0.3, 0.4) is 0 Å². The Morgan fingerprint density at radius 2 is 2.42 bits per heavy atom. The molecule has 2 aliphatic rings. The molecule has 0 aromatic carbocycles. The van der Waals surface area contributed by atoms with Crippen molar-refractivity contribution in [3.05, 3.63) is 12.2 Å². The number of rotatable bonds is 4. The molecule has 0 radical (unpaired) electrons. The Balaban J connectivity index is 1.47. The first-order chi connectivity index (χ1) is 11.7. The van der Waals surface area contributed by atoms with E-state index in [-0.39, 0.29) is 0 Å². The lowest BCUT2D eigenvalue weighted by atomic mass is 10.1. The van der Waals surface area contributed by atoms with Gasteiger partial charge in [-0.2, -0.15) is 5.10 Å². The van der Waals surface area contributed by atoms with Gasteiger partial charge >= 0.3 is 0 Å². The molecule has 0 amide bonds. The van der Waals surface area contributed by atoms with Gasteiger partial charge in [0, 0.05) is 44.7 Å². The molecule has 1 fully saturated rings. The lowest BCUT2D eigenvalue weighted by Crippen LogP contribution is -2.54. The van der Waals surface area contributed by atoms with E-state index in [2.05, 4.69) is 44.5 Å². The summed E-state index contributed by atoms with van der Waals surface area (Å²) in [6, 6.07) is 1.24. The van der Waals surface area contributed by atoms with Crippen molar-refractivity contribution in [2.75, 3.05) is 33.4 Å². The molecule has 0 bridgehead atoms. The first kappa shape index (κ1) is 17.2. The van der Waals surface area contributed by atoms with Crippen molar-refractivity contribution in [1.29, 1.82) is 0 Å². The highest BCUT2D eigenvalue weighted by Crippen LogP contribution is 2.12. The van der Waals surface area contributed by atoms with E-state index in [0.717, 1.165) is 57.5 Å². The predicted octanol–water partition coefficient (Wildman–Crippen LogP) is -0.133. The number of nitrogens with zero attached hydrogens (tertiary/aromatic N) is 5. The van der Waals surface area contributed by atoms with Crippen LogP contribution >= 0.6 is 0 Å². The highest BCUT2D eigenvalue weighted by atomic mass is 16.5. The molecule has 8 nitrogen and oxygen atoms in total. The van der Waals surface area contributed by atoms with E-state index in [4.69, 9.17) is 4.74 Å². The fraction of sp³-hybridized carbons (Fsp3) is 0.812. The smallest absolute Gasteiger partial charge is 0.191 e. The van der Waals surface area contributed by atoms with Crippen molar-refractivity contribution < 1.29 is 4.74 Å². The van der Waals surface area contributed by atoms with Gasteiger partial charge in [0.1, 0.15) is 12.2 Å². The zero-order valence-electron chi connectivity index (χ0n) is 14.9. The number of ether oxygens (including phenoxy) is 1. The zero-order chi connectivity index (χ0) is 16.9. The fourth-order valence-corrected chi connectivity index (χ4v) is 3.50. The molecule has 3 atom stereocenters. The van der Waals surface area contributed by atoms with Crippen molar-refractivity contribution in [2.24, 2.45) is 4.99 Å². The highest BCUT2D eigenvalue weighted by molar-refractivity contribution is 5.80. The number of morpholine rings is 1. The zero-order valence-corrected chi connectivity index (χ0v) is 14.9. The van der Waals surface area contributed by atoms with Crippen LogP contribution in [0.15, 0.2) is 11.3 Å². The van der Waals surface area contributed by atoms with E-state index in [1.807, 2.05) is 11.7 Å². The first-order valence-electron chi connectivity index (χ1n) is 8.84. The summed E-state index contributed by atoms with van der Waals surface area (Å²) in [4.78, 5) is 11.1. The first-order valence-corrected chi connectivity index (χ1v) is 8.84. The normalized spacial score (nSPS) is 26.7. The molecule has 3 heterocycles. The molecule has 2 N–H and O–H groups in total. The molecule has 2 aliphatic heterocycles. The van der Waals surface area contributed by atoms with E-state index in [0.29, 0.717) is 18.1 Å². The summed E-state index contributed by atoms with van der Waals surface area (Å²) < 4.78 is 7.50. The second-order valence-corrected chi connectivity index (χ2v) is 6.70. The molecule has 8 heteroatoms. The number of aromatic nitrogens is 3. The molecule has 1 aromatic rings. The summed E-state index contributed by atoms with van der Waals surface area (Å²) in [5.74, 6) is 1.93. The predicted molar refractivity (Wildman–Crippen MR) is 93.1 cm³/mol. The van der Waals surface area contributed by atoms with Gasteiger partial charge in [0.15, 0.2) is 5.96 Å². The van der Waals surface area contributed by atoms with Gasteiger partial charge in [0.05, 0.1) is 19.8 Å². The topological polar surface area (TPSA) is 79.6 Å². The molecule has 1 saturated heterocycles. The minimum atomic E-state index is 0.336. The molecule has 24 heavy (non-hydrogen) atoms. The lowest BCUT2D eigenvalue weighted by molar-refractivity contribution is -0.0174. The van der Waals surface area contributed by atoms with Crippen LogP contribution in [0.4, 0.5) is 0 Å². The van der Waals surface area contributed by atoms with Crippen LogP contribution in [0.5, 0.6) is 0 Å². The maximum atomic E-state index is 5.52. The standard InChI is InChI=1S/C16H29N7O/c1-12(22-6-7-24-10-13(22)2)8-18-16(17-3)21-14-4-5-15-19-11-20-23(15)9-14/h11-14H,4-10H2,1-3H3,(H2,17,18,21). The molecule has 0 spiro atoms. The van der Waals surface area contributed by atoms with Crippen LogP contribution in [-0.4, -0.2) is 77.1 Å². The van der Waals surface area contributed by atoms with Crippen LogP contribution in [0, 0.1) is 0 Å². The highest BCUT2D eigenvalue weighted by Gasteiger charge is 2.24. The Kier molecular flexibility index (Phi) is 5.68. The number of aliphatic imine (C=N–C) groups is 1. The van der Waals surface area contributed by atoms with Gasteiger partial charge in [0.2, 0.25) is 0 Å². The molecule has 134 valence electrons. The number of nitrogens with one attached hydrogen (secondary N) is 2. The number of aryl methyl sites for hydroxylation is 1. The molecule has 1 aromatic heterocycles. The third-order valence-corrected chi connectivity index (χ3v) is 4.92. The van der Waals surface area contributed by atoms with E-state index in [9.17, 15) is 0 Å². The van der Waals surface area contributed by atoms with Crippen LogP contribution in [-0.2, 0) is 17.7 Å². The van der Waals surface area contributed by atoms with Gasteiger partial charge in [-0.3, -0.25) is 9.89 Å². The van der Waals surface area contributed by atoms with Crippen LogP contribution < -0.4 is 10.6 Å². The van der Waals surface area contributed by atoms with Crippen molar-refractivity contribution in [2.45, 2.75) is 51.4 Å². The third kappa shape index (κ3) is 4.05. The van der Waals surface area contributed by atoms with Crippen LogP contribution in [0.25, 0.3) is 0 Å². The number of guanidine groups is 1. The Bertz CT molecular complexity index is 558. The Labute approximate surface area is 143 Å². The van der Waals surface area contributed by atoms with Crippen molar-refractivity contribution in [1.82, 2.24) is 30.3 Å². The second-order valence-electron chi connectivity index (χ2n) is 6.70. The van der Waals surface area contributed by atoms with Crippen molar-refractivity contribution in [3.8, 4) is 0 Å². The van der Waals surface area contributed by atoms with Gasteiger partial charge in [-0.05, 0) is 20.3 Å². The monoisotopic (exact) mass is 335 g/mol. The fourth-order valence-electron chi connectivity index (χ4n) is 3.50. The van der Waals surface area contributed by atoms with E-state index >= 15 is 0 Å². The minimum Gasteiger partial charge on any atom is -0.379 e. The Morgan fingerprint density at radius 1 is 1.54 bits per heavy atom. The summed E-state index contributed by atoms with van der Waals surface area (Å²) in [5.41, 5.74) is 0. The second kappa shape index (κ2) is 7.94. The molecule has 3 rings (SSSR count). The maximum Gasteiger partial charge on any atom is 0.191 e. The van der Waals surface area contributed by atoms with Crippen LogP contribution in [0.1, 0.15) is 26.1 Å². The quantitative estimate of drug-likeness (QED) is 0.589. The van der Waals surface area contributed by atoms with Gasteiger partial charge in [-0.15, -0.1) is 0 Å². The SMILES string of the molecule is CN=C(NCC(C)N1CCOCC1C)NC1CCc2ncnn2C1. The number of hydrogen-bond donors (Lipinski definition) is 2. The molecular formula is C16H29N7O. The molecule has 0 aliphatic carbocycles. The Morgan fingerprint density at radius 3 is 3.21 bits per heavy atom. The summed E-state index contributed by atoms with van der Waals surface area (Å²) >= 11 is 0. The number of fused-ring (bicyclic) bond motifs is 1. The van der Waals surface area contributed by atoms with E-state index < -0.39 is 0 Å². The maximum absolute atomic E-state index is 5.52. The van der Waals surface area contributed by atoms with E-state index in [1.165, 1.54) is 0 Å². The summed E-state index contributed by atoms with van der Waals surface area (Å²) in [7, 11) is 1.82. The van der Waals surface area contributed by atoms with Gasteiger partial charge < -0.3 is 15.4 Å². The summed E-state index contributed by atoms with van der Waals surface area (Å²) in [6.45, 7) is 8.82. The largest absolute Gasteiger partial charge is 0.379 e. The molecule has 3 unspecified atom stereocenters.